The summed E-state index contributed by atoms with van der Waals surface area (Å²) in [6.07, 6.45) is 0.968. The van der Waals surface area contributed by atoms with Crippen molar-refractivity contribution in [2.75, 3.05) is 25.1 Å². The summed E-state index contributed by atoms with van der Waals surface area (Å²) in [4.78, 5) is 16.6. The molecule has 0 saturated heterocycles. The molecule has 0 spiro atoms. The molecule has 1 atom stereocenters. The van der Waals surface area contributed by atoms with Gasteiger partial charge in [0.15, 0.2) is 0 Å². The van der Waals surface area contributed by atoms with Gasteiger partial charge < -0.3 is 19.4 Å². The number of rotatable bonds is 8. The Balaban J connectivity index is 2.05. The zero-order valence-electron chi connectivity index (χ0n) is 14.1. The van der Waals surface area contributed by atoms with Crippen molar-refractivity contribution in [2.45, 2.75) is 20.0 Å². The van der Waals surface area contributed by atoms with E-state index in [2.05, 4.69) is 10.3 Å². The molecule has 0 unspecified atom stereocenters. The summed E-state index contributed by atoms with van der Waals surface area (Å²) < 4.78 is 25.4. The lowest BCUT2D eigenvalue weighted by atomic mass is 10.1. The van der Waals surface area contributed by atoms with E-state index in [4.69, 9.17) is 9.47 Å². The van der Waals surface area contributed by atoms with Crippen molar-refractivity contribution in [1.29, 1.82) is 0 Å². The molecule has 0 saturated carbocycles. The smallest absolute Gasteiger partial charge is 0.254 e. The summed E-state index contributed by atoms with van der Waals surface area (Å²) in [5.41, 5.74) is 1.30. The fraction of sp³-hybridized carbons (Fsp3) is 0.412. The van der Waals surface area contributed by atoms with Crippen LogP contribution < -0.4 is 5.32 Å². The molecule has 2 rings (SSSR count). The average molecular weight is 335 g/mol. The number of benzene rings is 1. The highest BCUT2D eigenvalue weighted by molar-refractivity contribution is 5.96. The molecule has 130 valence electrons. The second-order valence-corrected chi connectivity index (χ2v) is 5.26. The van der Waals surface area contributed by atoms with Gasteiger partial charge in [-0.1, -0.05) is 0 Å². The number of imidazole rings is 1. The second kappa shape index (κ2) is 8.56. The van der Waals surface area contributed by atoms with E-state index in [-0.39, 0.29) is 11.7 Å². The largest absolute Gasteiger partial charge is 0.379 e. The van der Waals surface area contributed by atoms with Crippen molar-refractivity contribution in [3.63, 3.8) is 0 Å². The molecule has 24 heavy (non-hydrogen) atoms. The molecule has 0 aliphatic heterocycles. The Bertz CT molecular complexity index is 670. The predicted octanol–water partition coefficient (Wildman–Crippen LogP) is 2.61. The lowest BCUT2D eigenvalue weighted by Crippen LogP contribution is -2.29. The minimum absolute atomic E-state index is 0.279. The minimum atomic E-state index is -0.624. The van der Waals surface area contributed by atoms with E-state index in [0.29, 0.717) is 31.3 Å². The number of nitrogens with one attached hydrogen (secondary N) is 1. The van der Waals surface area contributed by atoms with Crippen molar-refractivity contribution in [3.05, 3.63) is 36.4 Å². The summed E-state index contributed by atoms with van der Waals surface area (Å²) in [6.45, 7) is 4.98. The molecule has 6 nitrogen and oxygen atoms in total. The molecule has 0 aliphatic rings. The topological polar surface area (TPSA) is 65.4 Å². The predicted molar refractivity (Wildman–Crippen MR) is 89.1 cm³/mol. The number of amides is 1. The third kappa shape index (κ3) is 4.62. The highest BCUT2D eigenvalue weighted by Gasteiger charge is 2.18. The first-order valence-electron chi connectivity index (χ1n) is 7.80. The average Bonchev–Trinajstić information content (AvgIpc) is 2.93. The van der Waals surface area contributed by atoms with E-state index in [1.54, 1.807) is 37.0 Å². The van der Waals surface area contributed by atoms with Crippen LogP contribution in [0, 0.1) is 5.82 Å². The van der Waals surface area contributed by atoms with Gasteiger partial charge in [0.2, 0.25) is 0 Å². The van der Waals surface area contributed by atoms with E-state index in [1.807, 2.05) is 6.92 Å². The molecule has 7 heteroatoms. The van der Waals surface area contributed by atoms with E-state index in [0.717, 1.165) is 5.56 Å². The van der Waals surface area contributed by atoms with Crippen molar-refractivity contribution in [3.8, 4) is 11.3 Å². The molecule has 1 amide bonds. The van der Waals surface area contributed by atoms with Gasteiger partial charge in [0.05, 0.1) is 19.5 Å². The van der Waals surface area contributed by atoms with Crippen LogP contribution in [0.2, 0.25) is 0 Å². The highest BCUT2D eigenvalue weighted by atomic mass is 19.1. The van der Waals surface area contributed by atoms with E-state index in [9.17, 15) is 9.18 Å². The Morgan fingerprint density at radius 3 is 2.71 bits per heavy atom. The highest BCUT2D eigenvalue weighted by Crippen LogP contribution is 2.26. The van der Waals surface area contributed by atoms with Gasteiger partial charge in [0, 0.05) is 19.2 Å². The second-order valence-electron chi connectivity index (χ2n) is 5.26. The third-order valence-electron chi connectivity index (χ3n) is 3.47. The molecule has 1 aromatic heterocycles. The summed E-state index contributed by atoms with van der Waals surface area (Å²) in [5, 5.41) is 2.81. The minimum Gasteiger partial charge on any atom is -0.379 e. The molecule has 0 bridgehead atoms. The fourth-order valence-electron chi connectivity index (χ4n) is 2.12. The van der Waals surface area contributed by atoms with Crippen LogP contribution in [0.25, 0.3) is 11.3 Å². The van der Waals surface area contributed by atoms with Gasteiger partial charge in [-0.3, -0.25) is 4.79 Å². The summed E-state index contributed by atoms with van der Waals surface area (Å²) in [6, 6.07) is 5.95. The lowest BCUT2D eigenvalue weighted by molar-refractivity contribution is -0.127. The number of carbonyl (C=O) groups excluding carboxylic acids is 1. The van der Waals surface area contributed by atoms with Crippen LogP contribution in [0.1, 0.15) is 13.8 Å². The lowest BCUT2D eigenvalue weighted by Gasteiger charge is -2.14. The maximum absolute atomic E-state index is 13.1. The van der Waals surface area contributed by atoms with Gasteiger partial charge in [0.25, 0.3) is 5.91 Å². The van der Waals surface area contributed by atoms with Crippen LogP contribution in [0.4, 0.5) is 10.2 Å². The van der Waals surface area contributed by atoms with Gasteiger partial charge in [-0.05, 0) is 38.1 Å². The standard InChI is InChI=1S/C17H22FN3O3/c1-4-23-9-10-24-12(2)17(22)20-16-15(19-11-21(16)3)13-5-7-14(18)8-6-13/h5-8,11-12H,4,9-10H2,1-3H3,(H,20,22)/t12-/m0/s1. The Kier molecular flexibility index (Phi) is 6.45. The van der Waals surface area contributed by atoms with Gasteiger partial charge in [-0.25, -0.2) is 9.37 Å². The van der Waals surface area contributed by atoms with E-state index in [1.165, 1.54) is 12.1 Å². The first kappa shape index (κ1) is 18.1. The summed E-state index contributed by atoms with van der Waals surface area (Å²) in [7, 11) is 1.77. The van der Waals surface area contributed by atoms with Crippen molar-refractivity contribution in [1.82, 2.24) is 9.55 Å². The normalized spacial score (nSPS) is 12.2. The molecular weight excluding hydrogens is 313 g/mol. The van der Waals surface area contributed by atoms with Gasteiger partial charge >= 0.3 is 0 Å². The Labute approximate surface area is 140 Å². The zero-order chi connectivity index (χ0) is 17.5. The van der Waals surface area contributed by atoms with Crippen molar-refractivity contribution < 1.29 is 18.7 Å². The first-order valence-corrected chi connectivity index (χ1v) is 7.80. The molecule has 2 aromatic rings. The molecule has 1 N–H and O–H groups in total. The number of ether oxygens (including phenoxy) is 2. The van der Waals surface area contributed by atoms with Crippen LogP contribution in [0.15, 0.2) is 30.6 Å². The first-order chi connectivity index (χ1) is 11.5. The fourth-order valence-corrected chi connectivity index (χ4v) is 2.12. The number of anilines is 1. The van der Waals surface area contributed by atoms with Gasteiger partial charge in [-0.15, -0.1) is 0 Å². The molecule has 1 heterocycles. The van der Waals surface area contributed by atoms with Crippen LogP contribution >= 0.6 is 0 Å². The van der Waals surface area contributed by atoms with E-state index >= 15 is 0 Å². The van der Waals surface area contributed by atoms with Crippen LogP contribution in [-0.4, -0.2) is 41.4 Å². The van der Waals surface area contributed by atoms with Crippen LogP contribution in [0.3, 0.4) is 0 Å². The monoisotopic (exact) mass is 335 g/mol. The molecular formula is C17H22FN3O3. The van der Waals surface area contributed by atoms with Crippen molar-refractivity contribution in [2.24, 2.45) is 7.05 Å². The molecule has 0 radical (unpaired) electrons. The summed E-state index contributed by atoms with van der Waals surface area (Å²) in [5.74, 6) is -0.0677. The van der Waals surface area contributed by atoms with Gasteiger partial charge in [-0.2, -0.15) is 0 Å². The van der Waals surface area contributed by atoms with E-state index < -0.39 is 6.10 Å². The Morgan fingerprint density at radius 2 is 2.04 bits per heavy atom. The number of carbonyl (C=O) groups is 1. The number of hydrogen-bond donors (Lipinski definition) is 1. The Hall–Kier alpha value is -2.25. The van der Waals surface area contributed by atoms with Gasteiger partial charge in [0.1, 0.15) is 23.4 Å². The zero-order valence-corrected chi connectivity index (χ0v) is 14.1. The number of nitrogens with zero attached hydrogens (tertiary/aromatic N) is 2. The number of aromatic nitrogens is 2. The van der Waals surface area contributed by atoms with Crippen molar-refractivity contribution >= 4 is 11.7 Å². The maximum Gasteiger partial charge on any atom is 0.254 e. The third-order valence-corrected chi connectivity index (χ3v) is 3.47. The Morgan fingerprint density at radius 1 is 1.33 bits per heavy atom. The maximum atomic E-state index is 13.1. The van der Waals surface area contributed by atoms with Crippen LogP contribution in [-0.2, 0) is 21.3 Å². The number of hydrogen-bond acceptors (Lipinski definition) is 4. The molecule has 1 aromatic carbocycles. The quantitative estimate of drug-likeness (QED) is 0.753. The van der Waals surface area contributed by atoms with Crippen LogP contribution in [0.5, 0.6) is 0 Å². The number of halogens is 1. The molecule has 0 fully saturated rings. The SMILES string of the molecule is CCOCCO[C@@H](C)C(=O)Nc1c(-c2ccc(F)cc2)ncn1C. The summed E-state index contributed by atoms with van der Waals surface area (Å²) >= 11 is 0. The number of aryl methyl sites for hydroxylation is 1. The molecule has 0 aliphatic carbocycles.